The first kappa shape index (κ1) is 16.6. The minimum atomic E-state index is -0.115. The molecule has 1 aliphatic rings. The van der Waals surface area contributed by atoms with Crippen LogP contribution in [-0.4, -0.2) is 50.2 Å². The molecule has 0 radical (unpaired) electrons. The van der Waals surface area contributed by atoms with Gasteiger partial charge in [-0.15, -0.1) is 11.3 Å². The molecule has 1 atom stereocenters. The van der Waals surface area contributed by atoms with Crippen molar-refractivity contribution in [2.75, 3.05) is 18.0 Å². The summed E-state index contributed by atoms with van der Waals surface area (Å²) < 4.78 is 0. The van der Waals surface area contributed by atoms with Crippen molar-refractivity contribution in [1.29, 1.82) is 0 Å². The molecule has 9 heteroatoms. The van der Waals surface area contributed by atoms with Crippen LogP contribution in [0, 0.1) is 13.8 Å². The maximum Gasteiger partial charge on any atom is 0.254 e. The van der Waals surface area contributed by atoms with E-state index in [4.69, 9.17) is 4.98 Å². The molecule has 0 spiro atoms. The van der Waals surface area contributed by atoms with Gasteiger partial charge in [0.15, 0.2) is 0 Å². The second-order valence-electron chi connectivity index (χ2n) is 6.28. The van der Waals surface area contributed by atoms with E-state index in [1.54, 1.807) is 23.7 Å². The second-order valence-corrected chi connectivity index (χ2v) is 7.48. The lowest BCUT2D eigenvalue weighted by Crippen LogP contribution is -2.37. The molecule has 1 fully saturated rings. The van der Waals surface area contributed by atoms with Gasteiger partial charge in [-0.25, -0.2) is 15.0 Å². The smallest absolute Gasteiger partial charge is 0.254 e. The van der Waals surface area contributed by atoms with Crippen molar-refractivity contribution in [2.45, 2.75) is 26.3 Å². The van der Waals surface area contributed by atoms with Crippen LogP contribution in [0.1, 0.15) is 27.5 Å². The van der Waals surface area contributed by atoms with Crippen LogP contribution in [0.4, 0.5) is 5.95 Å². The number of carbonyl (C=O) groups excluding carboxylic acids is 1. The number of hydrogen-bond donors (Lipinski definition) is 2. The number of thiazole rings is 1. The molecule has 8 nitrogen and oxygen atoms in total. The van der Waals surface area contributed by atoms with Gasteiger partial charge in [-0.05, 0) is 26.3 Å². The third-order valence-corrected chi connectivity index (χ3v) is 5.44. The Balaban J connectivity index is 1.46. The fourth-order valence-electron chi connectivity index (χ4n) is 3.10. The average Bonchev–Trinajstić information content (AvgIpc) is 3.36. The van der Waals surface area contributed by atoms with E-state index >= 15 is 0 Å². The van der Waals surface area contributed by atoms with Crippen LogP contribution in [-0.2, 0) is 0 Å². The molecule has 3 aromatic heterocycles. The summed E-state index contributed by atoms with van der Waals surface area (Å²) in [5, 5.41) is 10.5. The van der Waals surface area contributed by atoms with E-state index in [0.29, 0.717) is 18.1 Å². The van der Waals surface area contributed by atoms with Crippen molar-refractivity contribution in [2.24, 2.45) is 0 Å². The number of aromatic nitrogens is 5. The lowest BCUT2D eigenvalue weighted by molar-refractivity contribution is 0.0940. The fraction of sp³-hybridized carbons (Fsp3) is 0.353. The maximum atomic E-state index is 12.2. The van der Waals surface area contributed by atoms with Crippen LogP contribution in [0.2, 0.25) is 0 Å². The number of H-pyrrole nitrogens is 1. The van der Waals surface area contributed by atoms with Crippen molar-refractivity contribution < 1.29 is 4.79 Å². The Bertz CT molecular complexity index is 921. The molecule has 3 aromatic rings. The van der Waals surface area contributed by atoms with Crippen LogP contribution in [0.3, 0.4) is 0 Å². The average molecular weight is 369 g/mol. The predicted octanol–water partition coefficient (Wildman–Crippen LogP) is 1.95. The van der Waals surface area contributed by atoms with Gasteiger partial charge in [0.2, 0.25) is 5.95 Å². The van der Waals surface area contributed by atoms with E-state index in [0.717, 1.165) is 34.2 Å². The number of hydrogen-bond acceptors (Lipinski definition) is 7. The summed E-state index contributed by atoms with van der Waals surface area (Å²) in [7, 11) is 0. The zero-order valence-corrected chi connectivity index (χ0v) is 15.4. The minimum Gasteiger partial charge on any atom is -0.347 e. The number of anilines is 1. The summed E-state index contributed by atoms with van der Waals surface area (Å²) in [4.78, 5) is 29.0. The standard InChI is InChI=1S/C17H19N7OS/c1-10-15(26-11(2)21-10)14-3-5-18-17(23-14)24-6-4-13(9-24)22-16(25)12-7-19-20-8-12/h3,5,7-8,13H,4,6,9H2,1-2H3,(H,19,20)(H,22,25). The number of aromatic amines is 1. The maximum absolute atomic E-state index is 12.2. The van der Waals surface area contributed by atoms with Crippen LogP contribution < -0.4 is 10.2 Å². The molecule has 2 N–H and O–H groups in total. The number of nitrogens with one attached hydrogen (secondary N) is 2. The second kappa shape index (κ2) is 6.83. The van der Waals surface area contributed by atoms with Gasteiger partial charge in [0.05, 0.1) is 33.0 Å². The summed E-state index contributed by atoms with van der Waals surface area (Å²) in [6.07, 6.45) is 5.75. The molecule has 1 aliphatic heterocycles. The Kier molecular flexibility index (Phi) is 4.37. The van der Waals surface area contributed by atoms with Gasteiger partial charge in [-0.2, -0.15) is 5.10 Å². The van der Waals surface area contributed by atoms with Crippen LogP contribution in [0.25, 0.3) is 10.6 Å². The Hall–Kier alpha value is -2.81. The highest BCUT2D eigenvalue weighted by Crippen LogP contribution is 2.29. The first-order chi connectivity index (χ1) is 12.6. The van der Waals surface area contributed by atoms with Gasteiger partial charge in [-0.1, -0.05) is 0 Å². The predicted molar refractivity (Wildman–Crippen MR) is 99.3 cm³/mol. The van der Waals surface area contributed by atoms with Gasteiger partial charge in [0.1, 0.15) is 0 Å². The zero-order valence-electron chi connectivity index (χ0n) is 14.6. The normalized spacial score (nSPS) is 16.8. The van der Waals surface area contributed by atoms with E-state index in [-0.39, 0.29) is 11.9 Å². The number of rotatable bonds is 4. The van der Waals surface area contributed by atoms with Crippen LogP contribution in [0.5, 0.6) is 0 Å². The molecular formula is C17H19N7OS. The molecule has 26 heavy (non-hydrogen) atoms. The lowest BCUT2D eigenvalue weighted by atomic mass is 10.2. The number of amides is 1. The molecule has 1 unspecified atom stereocenters. The molecule has 4 heterocycles. The summed E-state index contributed by atoms with van der Waals surface area (Å²) in [6, 6.07) is 1.98. The molecule has 134 valence electrons. The number of nitrogens with zero attached hydrogens (tertiary/aromatic N) is 5. The molecule has 1 saturated heterocycles. The van der Waals surface area contributed by atoms with Gasteiger partial charge in [0.25, 0.3) is 5.91 Å². The monoisotopic (exact) mass is 369 g/mol. The van der Waals surface area contributed by atoms with E-state index in [2.05, 4.69) is 30.4 Å². The summed E-state index contributed by atoms with van der Waals surface area (Å²) in [6.45, 7) is 5.49. The van der Waals surface area contributed by atoms with Crippen molar-refractivity contribution in [3.63, 3.8) is 0 Å². The van der Waals surface area contributed by atoms with Crippen molar-refractivity contribution in [3.8, 4) is 10.6 Å². The minimum absolute atomic E-state index is 0.0667. The Labute approximate surface area is 154 Å². The van der Waals surface area contributed by atoms with Crippen LogP contribution >= 0.6 is 11.3 Å². The quantitative estimate of drug-likeness (QED) is 0.729. The zero-order chi connectivity index (χ0) is 18.1. The third-order valence-electron chi connectivity index (χ3n) is 4.35. The highest BCUT2D eigenvalue weighted by Gasteiger charge is 2.26. The third kappa shape index (κ3) is 3.30. The van der Waals surface area contributed by atoms with Gasteiger partial charge in [0, 0.05) is 31.5 Å². The molecule has 0 aromatic carbocycles. The van der Waals surface area contributed by atoms with Gasteiger partial charge >= 0.3 is 0 Å². The highest BCUT2D eigenvalue weighted by molar-refractivity contribution is 7.15. The van der Waals surface area contributed by atoms with Gasteiger partial charge in [-0.3, -0.25) is 9.89 Å². The lowest BCUT2D eigenvalue weighted by Gasteiger charge is -2.17. The van der Waals surface area contributed by atoms with Crippen molar-refractivity contribution in [1.82, 2.24) is 30.5 Å². The van der Waals surface area contributed by atoms with Crippen molar-refractivity contribution >= 4 is 23.2 Å². The highest BCUT2D eigenvalue weighted by atomic mass is 32.1. The molecular weight excluding hydrogens is 350 g/mol. The molecule has 0 bridgehead atoms. The Morgan fingerprint density at radius 1 is 1.38 bits per heavy atom. The summed E-state index contributed by atoms with van der Waals surface area (Å²) >= 11 is 1.64. The summed E-state index contributed by atoms with van der Waals surface area (Å²) in [5.41, 5.74) is 2.42. The molecule has 0 saturated carbocycles. The van der Waals surface area contributed by atoms with Gasteiger partial charge < -0.3 is 10.2 Å². The van der Waals surface area contributed by atoms with E-state index in [9.17, 15) is 4.79 Å². The molecule has 1 amide bonds. The summed E-state index contributed by atoms with van der Waals surface area (Å²) in [5.74, 6) is 0.573. The number of carbonyl (C=O) groups is 1. The number of aryl methyl sites for hydroxylation is 2. The van der Waals surface area contributed by atoms with Crippen LogP contribution in [0.15, 0.2) is 24.7 Å². The Morgan fingerprint density at radius 2 is 2.27 bits per heavy atom. The largest absolute Gasteiger partial charge is 0.347 e. The first-order valence-corrected chi connectivity index (χ1v) is 9.24. The molecule has 0 aliphatic carbocycles. The van der Waals surface area contributed by atoms with E-state index in [1.807, 2.05) is 19.9 Å². The fourth-order valence-corrected chi connectivity index (χ4v) is 3.99. The topological polar surface area (TPSA) is 99.7 Å². The SMILES string of the molecule is Cc1nc(C)c(-c2ccnc(N3CCC(NC(=O)c4cn[nH]c4)C3)n2)s1. The van der Waals surface area contributed by atoms with Crippen molar-refractivity contribution in [3.05, 3.63) is 40.9 Å². The van der Waals surface area contributed by atoms with E-state index in [1.165, 1.54) is 6.20 Å². The molecule has 4 rings (SSSR count). The van der Waals surface area contributed by atoms with E-state index < -0.39 is 0 Å². The first-order valence-electron chi connectivity index (χ1n) is 8.42. The Morgan fingerprint density at radius 3 is 3.00 bits per heavy atom.